The molecule has 2 atom stereocenters. The second-order valence-corrected chi connectivity index (χ2v) is 4.35. The van der Waals surface area contributed by atoms with E-state index in [-0.39, 0.29) is 11.8 Å². The molecule has 2 fully saturated rings. The molecule has 0 aliphatic heterocycles. The molecule has 2 heteroatoms. The van der Waals surface area contributed by atoms with Gasteiger partial charge in [-0.25, -0.2) is 0 Å². The van der Waals surface area contributed by atoms with Crippen LogP contribution in [0.15, 0.2) is 0 Å². The second-order valence-electron chi connectivity index (χ2n) is 4.35. The zero-order valence-corrected chi connectivity index (χ0v) is 7.92. The highest BCUT2D eigenvalue weighted by molar-refractivity contribution is 5.90. The Morgan fingerprint density at radius 1 is 0.846 bits per heavy atom. The smallest absolute Gasteiger partial charge is 0.136 e. The maximum atomic E-state index is 11.6. The topological polar surface area (TPSA) is 34.1 Å². The quantitative estimate of drug-likeness (QED) is 0.572. The molecule has 0 N–H and O–H groups in total. The van der Waals surface area contributed by atoms with Gasteiger partial charge in [0.2, 0.25) is 0 Å². The summed E-state index contributed by atoms with van der Waals surface area (Å²) in [5.74, 6) is 1.07. The molecule has 0 aromatic carbocycles. The Morgan fingerprint density at radius 2 is 1.54 bits per heavy atom. The third kappa shape index (κ3) is 1.82. The molecular formula is C11H16O2. The van der Waals surface area contributed by atoms with Gasteiger partial charge in [-0.1, -0.05) is 6.42 Å². The predicted octanol–water partition coefficient (Wildman–Crippen LogP) is 2.11. The van der Waals surface area contributed by atoms with Gasteiger partial charge in [0.1, 0.15) is 11.6 Å². The van der Waals surface area contributed by atoms with E-state index in [0.717, 1.165) is 32.1 Å². The maximum absolute atomic E-state index is 11.6. The number of Topliss-reactive ketones (excluding diaryl/α,β-unsaturated/α-hetero) is 2. The van der Waals surface area contributed by atoms with Crippen molar-refractivity contribution < 1.29 is 9.59 Å². The first-order chi connectivity index (χ1) is 6.27. The Hall–Kier alpha value is -0.660. The van der Waals surface area contributed by atoms with Crippen molar-refractivity contribution in [3.63, 3.8) is 0 Å². The summed E-state index contributed by atoms with van der Waals surface area (Å²) in [4.78, 5) is 23.2. The molecule has 2 bridgehead atoms. The molecule has 0 aromatic rings. The first-order valence-corrected chi connectivity index (χ1v) is 5.33. The molecule has 0 radical (unpaired) electrons. The Kier molecular flexibility index (Phi) is 2.47. The van der Waals surface area contributed by atoms with E-state index in [0.29, 0.717) is 24.4 Å². The van der Waals surface area contributed by atoms with E-state index in [9.17, 15) is 9.59 Å². The highest BCUT2D eigenvalue weighted by Gasteiger charge is 2.31. The van der Waals surface area contributed by atoms with Crippen molar-refractivity contribution in [1.29, 1.82) is 0 Å². The molecule has 0 aromatic heterocycles. The lowest BCUT2D eigenvalue weighted by molar-refractivity contribution is -0.130. The van der Waals surface area contributed by atoms with E-state index in [4.69, 9.17) is 0 Å². The van der Waals surface area contributed by atoms with Crippen LogP contribution in [0.5, 0.6) is 0 Å². The van der Waals surface area contributed by atoms with Crippen LogP contribution in [0.25, 0.3) is 0 Å². The largest absolute Gasteiger partial charge is 0.299 e. The van der Waals surface area contributed by atoms with Crippen LogP contribution < -0.4 is 0 Å². The van der Waals surface area contributed by atoms with Gasteiger partial charge in [0.25, 0.3) is 0 Å². The molecule has 2 aliphatic rings. The molecular weight excluding hydrogens is 164 g/mol. The molecule has 2 aliphatic carbocycles. The fourth-order valence-electron chi connectivity index (χ4n) is 2.59. The van der Waals surface area contributed by atoms with Crippen LogP contribution in [0, 0.1) is 11.8 Å². The minimum Gasteiger partial charge on any atom is -0.299 e. The van der Waals surface area contributed by atoms with Crippen LogP contribution in [0.3, 0.4) is 0 Å². The third-order valence-electron chi connectivity index (χ3n) is 3.44. The van der Waals surface area contributed by atoms with E-state index in [1.54, 1.807) is 0 Å². The van der Waals surface area contributed by atoms with Gasteiger partial charge in [0.15, 0.2) is 0 Å². The Morgan fingerprint density at radius 3 is 2.38 bits per heavy atom. The second kappa shape index (κ2) is 3.60. The number of rotatable bonds is 0. The summed E-state index contributed by atoms with van der Waals surface area (Å²) in [7, 11) is 0. The normalized spacial score (nSPS) is 35.4. The lowest BCUT2D eigenvalue weighted by atomic mass is 9.85. The van der Waals surface area contributed by atoms with Gasteiger partial charge in [0.05, 0.1) is 0 Å². The summed E-state index contributed by atoms with van der Waals surface area (Å²) < 4.78 is 0. The van der Waals surface area contributed by atoms with Crippen LogP contribution in [0.1, 0.15) is 44.9 Å². The molecule has 0 spiro atoms. The van der Waals surface area contributed by atoms with Crippen LogP contribution in [-0.2, 0) is 9.59 Å². The summed E-state index contributed by atoms with van der Waals surface area (Å²) in [6.45, 7) is 0. The van der Waals surface area contributed by atoms with E-state index >= 15 is 0 Å². The van der Waals surface area contributed by atoms with Crippen LogP contribution in [0.4, 0.5) is 0 Å². The van der Waals surface area contributed by atoms with Crippen molar-refractivity contribution in [3.8, 4) is 0 Å². The van der Waals surface area contributed by atoms with Gasteiger partial charge in [-0.2, -0.15) is 0 Å². The zero-order valence-electron chi connectivity index (χ0n) is 7.92. The fraction of sp³-hybridized carbons (Fsp3) is 0.818. The zero-order chi connectivity index (χ0) is 9.26. The van der Waals surface area contributed by atoms with E-state index < -0.39 is 0 Å². The van der Waals surface area contributed by atoms with Gasteiger partial charge in [0, 0.05) is 24.7 Å². The van der Waals surface area contributed by atoms with E-state index in [1.165, 1.54) is 0 Å². The minimum atomic E-state index is 0.0813. The van der Waals surface area contributed by atoms with Crippen molar-refractivity contribution in [2.24, 2.45) is 11.8 Å². The summed E-state index contributed by atoms with van der Waals surface area (Å²) >= 11 is 0. The number of fused-ring (bicyclic) bond motifs is 3. The average Bonchev–Trinajstić information content (AvgIpc) is 2.22. The van der Waals surface area contributed by atoms with Gasteiger partial charge in [-0.15, -0.1) is 0 Å². The van der Waals surface area contributed by atoms with Gasteiger partial charge < -0.3 is 0 Å². The van der Waals surface area contributed by atoms with Crippen LogP contribution in [0.2, 0.25) is 0 Å². The number of hydrogen-bond donors (Lipinski definition) is 0. The van der Waals surface area contributed by atoms with Gasteiger partial charge in [-0.3, -0.25) is 9.59 Å². The number of carbonyl (C=O) groups excluding carboxylic acids is 2. The minimum absolute atomic E-state index is 0.0813. The molecule has 0 saturated heterocycles. The van der Waals surface area contributed by atoms with Crippen molar-refractivity contribution in [3.05, 3.63) is 0 Å². The molecule has 0 amide bonds. The molecule has 2 nitrogen and oxygen atoms in total. The highest BCUT2D eigenvalue weighted by Crippen LogP contribution is 2.32. The Bertz CT molecular complexity index is 232. The summed E-state index contributed by atoms with van der Waals surface area (Å²) in [6, 6.07) is 0. The fourth-order valence-corrected chi connectivity index (χ4v) is 2.59. The Balaban J connectivity index is 2.18. The molecule has 2 unspecified atom stereocenters. The lowest BCUT2D eigenvalue weighted by Gasteiger charge is -2.17. The summed E-state index contributed by atoms with van der Waals surface area (Å²) in [6.07, 6.45) is 6.22. The standard InChI is InChI=1S/C11H16O2/c12-10-6-2-4-8-3-1-5-9(10)7-11(8)13/h8-9H,1-7H2. The van der Waals surface area contributed by atoms with Crippen LogP contribution >= 0.6 is 0 Å². The molecule has 72 valence electrons. The SMILES string of the molecule is O=C1CC2CCCC1CCCC2=O. The maximum Gasteiger partial charge on any atom is 0.136 e. The molecule has 13 heavy (non-hydrogen) atoms. The van der Waals surface area contributed by atoms with Gasteiger partial charge in [-0.05, 0) is 25.7 Å². The molecule has 0 heterocycles. The summed E-state index contributed by atoms with van der Waals surface area (Å²) in [5.41, 5.74) is 0. The molecule has 2 saturated carbocycles. The number of carbonyl (C=O) groups is 2. The monoisotopic (exact) mass is 180 g/mol. The lowest BCUT2D eigenvalue weighted by Crippen LogP contribution is -2.22. The van der Waals surface area contributed by atoms with E-state index in [1.807, 2.05) is 0 Å². The first kappa shape index (κ1) is 8.92. The average molecular weight is 180 g/mol. The predicted molar refractivity (Wildman–Crippen MR) is 49.3 cm³/mol. The van der Waals surface area contributed by atoms with Crippen molar-refractivity contribution in [2.75, 3.05) is 0 Å². The van der Waals surface area contributed by atoms with Crippen molar-refractivity contribution in [1.82, 2.24) is 0 Å². The van der Waals surface area contributed by atoms with Gasteiger partial charge >= 0.3 is 0 Å². The molecule has 2 rings (SSSR count). The van der Waals surface area contributed by atoms with Crippen molar-refractivity contribution >= 4 is 11.6 Å². The van der Waals surface area contributed by atoms with Crippen LogP contribution in [-0.4, -0.2) is 11.6 Å². The van der Waals surface area contributed by atoms with Crippen molar-refractivity contribution in [2.45, 2.75) is 44.9 Å². The number of hydrogen-bond acceptors (Lipinski definition) is 2. The third-order valence-corrected chi connectivity index (χ3v) is 3.44. The summed E-state index contributed by atoms with van der Waals surface area (Å²) in [5, 5.41) is 0. The Labute approximate surface area is 78.7 Å². The number of ketones is 2. The highest BCUT2D eigenvalue weighted by atomic mass is 16.1. The van der Waals surface area contributed by atoms with E-state index in [2.05, 4.69) is 0 Å². The first-order valence-electron chi connectivity index (χ1n) is 5.33.